The molecule has 5 heteroatoms. The number of aromatic nitrogens is 1. The number of ketones is 1. The van der Waals surface area contributed by atoms with Gasteiger partial charge in [0.25, 0.3) is 0 Å². The maximum Gasteiger partial charge on any atom is 0.229 e. The Labute approximate surface area is 101 Å². The average molecular weight is 254 g/mol. The Morgan fingerprint density at radius 2 is 2.12 bits per heavy atom. The molecule has 3 nitrogen and oxygen atoms in total. The molecule has 16 heavy (non-hydrogen) atoms. The molecule has 0 spiro atoms. The lowest BCUT2D eigenvalue weighted by Gasteiger charge is -2.05. The Kier molecular flexibility index (Phi) is 2.90. The number of halogens is 2. The standard InChI is InChI=1S/C11H5Cl2NO2/c12-7-4-6-2-1-3-14-11(6)9(10(7)13)8(16)5-15/h1-5H. The summed E-state index contributed by atoms with van der Waals surface area (Å²) < 4.78 is 0. The van der Waals surface area contributed by atoms with Gasteiger partial charge in [-0.25, -0.2) is 0 Å². The van der Waals surface area contributed by atoms with Gasteiger partial charge in [0, 0.05) is 11.6 Å². The van der Waals surface area contributed by atoms with Crippen molar-refractivity contribution in [3.8, 4) is 0 Å². The lowest BCUT2D eigenvalue weighted by atomic mass is 10.1. The second-order valence-electron chi connectivity index (χ2n) is 3.10. The van der Waals surface area contributed by atoms with Crippen LogP contribution in [0.3, 0.4) is 0 Å². The third kappa shape index (κ3) is 1.68. The van der Waals surface area contributed by atoms with Gasteiger partial charge in [0.15, 0.2) is 6.29 Å². The molecular weight excluding hydrogens is 249 g/mol. The highest BCUT2D eigenvalue weighted by molar-refractivity contribution is 6.49. The lowest BCUT2D eigenvalue weighted by Crippen LogP contribution is -2.03. The van der Waals surface area contributed by atoms with Crippen molar-refractivity contribution in [1.82, 2.24) is 4.98 Å². The van der Waals surface area contributed by atoms with E-state index in [1.54, 1.807) is 18.2 Å². The molecule has 0 aliphatic rings. The van der Waals surface area contributed by atoms with E-state index in [2.05, 4.69) is 4.98 Å². The second-order valence-corrected chi connectivity index (χ2v) is 3.89. The van der Waals surface area contributed by atoms with E-state index in [0.717, 1.165) is 0 Å². The summed E-state index contributed by atoms with van der Waals surface area (Å²) in [5, 5.41) is 0.958. The molecular formula is C11H5Cl2NO2. The van der Waals surface area contributed by atoms with Crippen molar-refractivity contribution in [2.24, 2.45) is 0 Å². The van der Waals surface area contributed by atoms with Gasteiger partial charge in [-0.15, -0.1) is 0 Å². The molecule has 0 aliphatic heterocycles. The van der Waals surface area contributed by atoms with E-state index in [0.29, 0.717) is 10.9 Å². The molecule has 1 aromatic heterocycles. The SMILES string of the molecule is O=CC(=O)c1c(Cl)c(Cl)cc2cccnc12. The topological polar surface area (TPSA) is 47.0 Å². The molecule has 0 unspecified atom stereocenters. The maximum atomic E-state index is 11.4. The predicted molar refractivity (Wildman–Crippen MR) is 62.2 cm³/mol. The van der Waals surface area contributed by atoms with Gasteiger partial charge in [-0.3, -0.25) is 14.6 Å². The first-order chi connectivity index (χ1) is 7.65. The number of fused-ring (bicyclic) bond motifs is 1. The van der Waals surface area contributed by atoms with Crippen molar-refractivity contribution in [3.63, 3.8) is 0 Å². The summed E-state index contributed by atoms with van der Waals surface area (Å²) in [5.41, 5.74) is 0.439. The summed E-state index contributed by atoms with van der Waals surface area (Å²) in [4.78, 5) is 26.0. The van der Waals surface area contributed by atoms with Crippen LogP contribution in [0, 0.1) is 0 Å². The van der Waals surface area contributed by atoms with Crippen LogP contribution in [0.15, 0.2) is 24.4 Å². The second kappa shape index (κ2) is 4.20. The Morgan fingerprint density at radius 3 is 2.81 bits per heavy atom. The van der Waals surface area contributed by atoms with E-state index in [9.17, 15) is 9.59 Å². The first kappa shape index (κ1) is 11.0. The van der Waals surface area contributed by atoms with E-state index in [4.69, 9.17) is 23.2 Å². The van der Waals surface area contributed by atoms with Crippen LogP contribution in [0.25, 0.3) is 10.9 Å². The van der Waals surface area contributed by atoms with Gasteiger partial charge in [0.2, 0.25) is 5.78 Å². The van der Waals surface area contributed by atoms with E-state index in [-0.39, 0.29) is 21.9 Å². The number of nitrogens with zero attached hydrogens (tertiary/aromatic N) is 1. The zero-order chi connectivity index (χ0) is 11.7. The molecule has 0 saturated heterocycles. The first-order valence-corrected chi connectivity index (χ1v) is 5.13. The van der Waals surface area contributed by atoms with Crippen molar-refractivity contribution >= 4 is 46.2 Å². The van der Waals surface area contributed by atoms with Crippen LogP contribution in [-0.2, 0) is 4.79 Å². The zero-order valence-corrected chi connectivity index (χ0v) is 9.42. The fourth-order valence-corrected chi connectivity index (χ4v) is 1.90. The molecule has 0 N–H and O–H groups in total. The zero-order valence-electron chi connectivity index (χ0n) is 7.91. The fourth-order valence-electron chi connectivity index (χ4n) is 1.45. The predicted octanol–water partition coefficient (Wildman–Crippen LogP) is 2.92. The number of benzene rings is 1. The maximum absolute atomic E-state index is 11.4. The molecule has 0 atom stereocenters. The van der Waals surface area contributed by atoms with Crippen molar-refractivity contribution in [2.45, 2.75) is 0 Å². The van der Waals surface area contributed by atoms with Crippen LogP contribution in [0.1, 0.15) is 10.4 Å². The summed E-state index contributed by atoms with van der Waals surface area (Å²) in [6.45, 7) is 0. The van der Waals surface area contributed by atoms with Crippen LogP contribution < -0.4 is 0 Å². The Hall–Kier alpha value is -1.45. The lowest BCUT2D eigenvalue weighted by molar-refractivity contribution is -0.104. The summed E-state index contributed by atoms with van der Waals surface area (Å²) in [5.74, 6) is -0.726. The summed E-state index contributed by atoms with van der Waals surface area (Å²) in [6.07, 6.45) is 1.72. The molecule has 0 amide bonds. The molecule has 0 fully saturated rings. The van der Waals surface area contributed by atoms with Crippen molar-refractivity contribution in [3.05, 3.63) is 40.0 Å². The van der Waals surface area contributed by atoms with Crippen LogP contribution in [-0.4, -0.2) is 17.1 Å². The van der Waals surface area contributed by atoms with Crippen LogP contribution in [0.2, 0.25) is 10.0 Å². The molecule has 0 bridgehead atoms. The van der Waals surface area contributed by atoms with Gasteiger partial charge in [-0.05, 0) is 12.1 Å². The van der Waals surface area contributed by atoms with E-state index < -0.39 is 5.78 Å². The van der Waals surface area contributed by atoms with E-state index in [1.165, 1.54) is 6.20 Å². The highest BCUT2D eigenvalue weighted by atomic mass is 35.5. The van der Waals surface area contributed by atoms with Crippen molar-refractivity contribution in [2.75, 3.05) is 0 Å². The number of carbonyl (C=O) groups excluding carboxylic acids is 2. The van der Waals surface area contributed by atoms with Crippen molar-refractivity contribution in [1.29, 1.82) is 0 Å². The van der Waals surface area contributed by atoms with Crippen LogP contribution in [0.5, 0.6) is 0 Å². The third-order valence-corrected chi connectivity index (χ3v) is 2.93. The minimum atomic E-state index is -0.726. The minimum Gasteiger partial charge on any atom is -0.294 e. The molecule has 0 aliphatic carbocycles. The highest BCUT2D eigenvalue weighted by Gasteiger charge is 2.17. The average Bonchev–Trinajstić information content (AvgIpc) is 2.30. The number of hydrogen-bond donors (Lipinski definition) is 0. The van der Waals surface area contributed by atoms with Crippen molar-refractivity contribution < 1.29 is 9.59 Å². The van der Waals surface area contributed by atoms with Gasteiger partial charge >= 0.3 is 0 Å². The monoisotopic (exact) mass is 253 g/mol. The number of hydrogen-bond acceptors (Lipinski definition) is 3. The minimum absolute atomic E-state index is 0.0553. The first-order valence-electron chi connectivity index (χ1n) is 4.37. The van der Waals surface area contributed by atoms with Crippen LogP contribution in [0.4, 0.5) is 0 Å². The number of pyridine rings is 1. The molecule has 0 radical (unpaired) electrons. The normalized spacial score (nSPS) is 10.4. The molecule has 80 valence electrons. The third-order valence-electron chi connectivity index (χ3n) is 2.14. The van der Waals surface area contributed by atoms with Gasteiger partial charge < -0.3 is 0 Å². The van der Waals surface area contributed by atoms with Crippen LogP contribution >= 0.6 is 23.2 Å². The van der Waals surface area contributed by atoms with Gasteiger partial charge in [0.05, 0.1) is 21.1 Å². The smallest absolute Gasteiger partial charge is 0.229 e. The molecule has 2 rings (SSSR count). The largest absolute Gasteiger partial charge is 0.294 e. The molecule has 0 saturated carbocycles. The Bertz CT molecular complexity index is 596. The summed E-state index contributed by atoms with van der Waals surface area (Å²) in [6, 6.07) is 5.06. The number of Topliss-reactive ketones (excluding diaryl/α,β-unsaturated/α-hetero) is 1. The van der Waals surface area contributed by atoms with Gasteiger partial charge in [0.1, 0.15) is 0 Å². The van der Waals surface area contributed by atoms with Gasteiger partial charge in [-0.1, -0.05) is 29.3 Å². The summed E-state index contributed by atoms with van der Waals surface area (Å²) in [7, 11) is 0. The molecule has 1 aromatic carbocycles. The molecule has 2 aromatic rings. The van der Waals surface area contributed by atoms with E-state index in [1.807, 2.05) is 0 Å². The summed E-state index contributed by atoms with van der Waals surface area (Å²) >= 11 is 11.8. The fraction of sp³-hybridized carbons (Fsp3) is 0. The molecule has 1 heterocycles. The Morgan fingerprint density at radius 1 is 1.38 bits per heavy atom. The van der Waals surface area contributed by atoms with Gasteiger partial charge in [-0.2, -0.15) is 0 Å². The van der Waals surface area contributed by atoms with E-state index >= 15 is 0 Å². The number of carbonyl (C=O) groups is 2. The number of aldehydes is 1. The Balaban J connectivity index is 2.92. The highest BCUT2D eigenvalue weighted by Crippen LogP contribution is 2.32. The number of rotatable bonds is 2. The quantitative estimate of drug-likeness (QED) is 0.470.